The standard InChI is InChI=1S/C11H13F3N2O4/c12-11(13,14)6(3-15)4-16-2-1-7(9(17)18)8(5-16)10(19)20/h6-8H,1-2,4-5H2,(H,17,18)(H,19,20). The zero-order chi connectivity index (χ0) is 15.5. The third kappa shape index (κ3) is 3.84. The lowest BCUT2D eigenvalue weighted by Gasteiger charge is -2.35. The maximum atomic E-state index is 12.5. The molecule has 0 saturated carbocycles. The van der Waals surface area contributed by atoms with Gasteiger partial charge in [-0.05, 0) is 13.0 Å². The molecular weight excluding hydrogens is 281 g/mol. The Morgan fingerprint density at radius 2 is 1.85 bits per heavy atom. The van der Waals surface area contributed by atoms with Crippen LogP contribution in [-0.2, 0) is 9.59 Å². The molecule has 0 spiro atoms. The number of aliphatic carboxylic acids is 2. The first kappa shape index (κ1) is 16.2. The third-order valence-corrected chi connectivity index (χ3v) is 3.32. The Labute approximate surface area is 112 Å². The van der Waals surface area contributed by atoms with E-state index in [2.05, 4.69) is 0 Å². The molecule has 20 heavy (non-hydrogen) atoms. The van der Waals surface area contributed by atoms with Crippen LogP contribution in [0.2, 0.25) is 0 Å². The van der Waals surface area contributed by atoms with Gasteiger partial charge < -0.3 is 15.1 Å². The average Bonchev–Trinajstić information content (AvgIpc) is 2.33. The lowest BCUT2D eigenvalue weighted by atomic mass is 9.85. The summed E-state index contributed by atoms with van der Waals surface area (Å²) in [4.78, 5) is 23.1. The number of carbonyl (C=O) groups is 2. The molecule has 1 saturated heterocycles. The van der Waals surface area contributed by atoms with Crippen molar-refractivity contribution in [2.45, 2.75) is 12.6 Å². The van der Waals surface area contributed by atoms with Crippen LogP contribution in [0.25, 0.3) is 0 Å². The van der Waals surface area contributed by atoms with Crippen LogP contribution in [0, 0.1) is 29.1 Å². The topological polar surface area (TPSA) is 102 Å². The Hall–Kier alpha value is -1.82. The van der Waals surface area contributed by atoms with Gasteiger partial charge in [0.15, 0.2) is 5.92 Å². The molecule has 9 heteroatoms. The molecule has 0 aliphatic carbocycles. The lowest BCUT2D eigenvalue weighted by molar-refractivity contribution is -0.168. The van der Waals surface area contributed by atoms with Crippen molar-refractivity contribution in [1.82, 2.24) is 4.90 Å². The third-order valence-electron chi connectivity index (χ3n) is 3.32. The van der Waals surface area contributed by atoms with Crippen LogP contribution < -0.4 is 0 Å². The Kier molecular flexibility index (Phi) is 4.94. The Bertz CT molecular complexity index is 432. The monoisotopic (exact) mass is 294 g/mol. The van der Waals surface area contributed by atoms with Crippen LogP contribution in [-0.4, -0.2) is 52.9 Å². The average molecular weight is 294 g/mol. The molecule has 1 rings (SSSR count). The van der Waals surface area contributed by atoms with Crippen molar-refractivity contribution in [1.29, 1.82) is 5.26 Å². The minimum Gasteiger partial charge on any atom is -0.481 e. The summed E-state index contributed by atoms with van der Waals surface area (Å²) in [5.41, 5.74) is 0. The fraction of sp³-hybridized carbons (Fsp3) is 0.727. The molecule has 3 unspecified atom stereocenters. The van der Waals surface area contributed by atoms with E-state index in [-0.39, 0.29) is 19.5 Å². The van der Waals surface area contributed by atoms with E-state index in [1.807, 2.05) is 0 Å². The number of carboxylic acids is 2. The van der Waals surface area contributed by atoms with Crippen LogP contribution >= 0.6 is 0 Å². The lowest BCUT2D eigenvalue weighted by Crippen LogP contribution is -2.49. The fourth-order valence-corrected chi connectivity index (χ4v) is 2.21. The molecule has 0 aromatic rings. The normalized spacial score (nSPS) is 25.7. The fourth-order valence-electron chi connectivity index (χ4n) is 2.21. The van der Waals surface area contributed by atoms with E-state index < -0.39 is 42.4 Å². The largest absolute Gasteiger partial charge is 0.481 e. The minimum absolute atomic E-state index is 0.0228. The van der Waals surface area contributed by atoms with Gasteiger partial charge in [-0.15, -0.1) is 0 Å². The first-order valence-electron chi connectivity index (χ1n) is 5.81. The molecule has 1 aliphatic rings. The molecule has 0 aromatic heterocycles. The summed E-state index contributed by atoms with van der Waals surface area (Å²) in [6, 6.07) is 1.14. The van der Waals surface area contributed by atoms with Gasteiger partial charge in [0.2, 0.25) is 0 Å². The van der Waals surface area contributed by atoms with Crippen molar-refractivity contribution >= 4 is 11.9 Å². The summed E-state index contributed by atoms with van der Waals surface area (Å²) >= 11 is 0. The van der Waals surface area contributed by atoms with Crippen LogP contribution in [0.5, 0.6) is 0 Å². The van der Waals surface area contributed by atoms with Gasteiger partial charge >= 0.3 is 18.1 Å². The van der Waals surface area contributed by atoms with Gasteiger partial charge in [-0.2, -0.15) is 18.4 Å². The first-order chi connectivity index (χ1) is 9.16. The Balaban J connectivity index is 2.75. The first-order valence-corrected chi connectivity index (χ1v) is 5.81. The number of halogens is 3. The highest BCUT2D eigenvalue weighted by molar-refractivity contribution is 5.80. The van der Waals surface area contributed by atoms with Crippen LogP contribution in [0.1, 0.15) is 6.42 Å². The number of nitrogens with zero attached hydrogens (tertiary/aromatic N) is 2. The van der Waals surface area contributed by atoms with Gasteiger partial charge in [-0.1, -0.05) is 0 Å². The van der Waals surface area contributed by atoms with Gasteiger partial charge in [0, 0.05) is 13.1 Å². The number of rotatable bonds is 4. The van der Waals surface area contributed by atoms with Crippen molar-refractivity contribution in [2.75, 3.05) is 19.6 Å². The van der Waals surface area contributed by atoms with Crippen LogP contribution in [0.4, 0.5) is 13.2 Å². The van der Waals surface area contributed by atoms with Crippen molar-refractivity contribution < 1.29 is 33.0 Å². The zero-order valence-electron chi connectivity index (χ0n) is 10.3. The van der Waals surface area contributed by atoms with Crippen molar-refractivity contribution in [3.05, 3.63) is 0 Å². The van der Waals surface area contributed by atoms with Crippen LogP contribution in [0.15, 0.2) is 0 Å². The predicted molar refractivity (Wildman–Crippen MR) is 58.5 cm³/mol. The Morgan fingerprint density at radius 3 is 2.25 bits per heavy atom. The summed E-state index contributed by atoms with van der Waals surface area (Å²) < 4.78 is 37.4. The van der Waals surface area contributed by atoms with Gasteiger partial charge in [0.25, 0.3) is 0 Å². The quantitative estimate of drug-likeness (QED) is 0.795. The summed E-state index contributed by atoms with van der Waals surface area (Å²) in [6.07, 6.45) is -4.74. The van der Waals surface area contributed by atoms with Gasteiger partial charge in [-0.25, -0.2) is 0 Å². The summed E-state index contributed by atoms with van der Waals surface area (Å²) in [5, 5.41) is 26.3. The van der Waals surface area contributed by atoms with E-state index in [0.29, 0.717) is 0 Å². The molecule has 2 N–H and O–H groups in total. The molecule has 1 aliphatic heterocycles. The molecule has 1 fully saturated rings. The maximum Gasteiger partial charge on any atom is 0.405 e. The van der Waals surface area contributed by atoms with Crippen molar-refractivity contribution in [2.24, 2.45) is 17.8 Å². The highest BCUT2D eigenvalue weighted by Gasteiger charge is 2.44. The summed E-state index contributed by atoms with van der Waals surface area (Å²) in [6.45, 7) is -0.925. The molecule has 1 heterocycles. The van der Waals surface area contributed by atoms with Crippen LogP contribution in [0.3, 0.4) is 0 Å². The molecule has 6 nitrogen and oxygen atoms in total. The van der Waals surface area contributed by atoms with Gasteiger partial charge in [-0.3, -0.25) is 9.59 Å². The molecule has 0 radical (unpaired) electrons. The number of nitriles is 1. The smallest absolute Gasteiger partial charge is 0.405 e. The molecule has 0 amide bonds. The number of alkyl halides is 3. The van der Waals surface area contributed by atoms with Crippen molar-refractivity contribution in [3.63, 3.8) is 0 Å². The number of hydrogen-bond donors (Lipinski definition) is 2. The molecule has 0 bridgehead atoms. The second-order valence-electron chi connectivity index (χ2n) is 4.66. The van der Waals surface area contributed by atoms with E-state index in [4.69, 9.17) is 15.5 Å². The zero-order valence-corrected chi connectivity index (χ0v) is 10.3. The SMILES string of the molecule is N#CC(CN1CCC(C(=O)O)C(C(=O)O)C1)C(F)(F)F. The Morgan fingerprint density at radius 1 is 1.30 bits per heavy atom. The summed E-state index contributed by atoms with van der Waals surface area (Å²) in [5.74, 6) is -7.23. The molecule has 0 aromatic carbocycles. The number of likely N-dealkylation sites (tertiary alicyclic amines) is 1. The minimum atomic E-state index is -4.68. The van der Waals surface area contributed by atoms with Crippen molar-refractivity contribution in [3.8, 4) is 6.07 Å². The number of carboxylic acid groups (broad SMARTS) is 2. The maximum absolute atomic E-state index is 12.5. The van der Waals surface area contributed by atoms with E-state index in [9.17, 15) is 22.8 Å². The van der Waals surface area contributed by atoms with E-state index in [1.165, 1.54) is 4.90 Å². The predicted octanol–water partition coefficient (Wildman–Crippen LogP) is 0.796. The number of hydrogen-bond acceptors (Lipinski definition) is 4. The highest BCUT2D eigenvalue weighted by atomic mass is 19.4. The highest BCUT2D eigenvalue weighted by Crippen LogP contribution is 2.29. The molecular formula is C11H13F3N2O4. The second-order valence-corrected chi connectivity index (χ2v) is 4.66. The summed E-state index contributed by atoms with van der Waals surface area (Å²) in [7, 11) is 0. The van der Waals surface area contributed by atoms with Gasteiger partial charge in [0.05, 0.1) is 17.9 Å². The van der Waals surface area contributed by atoms with Gasteiger partial charge in [0.1, 0.15) is 0 Å². The second kappa shape index (κ2) is 6.09. The number of piperidine rings is 1. The molecule has 3 atom stereocenters. The van der Waals surface area contributed by atoms with E-state index in [0.717, 1.165) is 6.07 Å². The van der Waals surface area contributed by atoms with E-state index >= 15 is 0 Å². The van der Waals surface area contributed by atoms with E-state index in [1.54, 1.807) is 0 Å². The molecule has 112 valence electrons.